The summed E-state index contributed by atoms with van der Waals surface area (Å²) in [6, 6.07) is 11.6. The summed E-state index contributed by atoms with van der Waals surface area (Å²) in [4.78, 5) is 7.51. The van der Waals surface area contributed by atoms with Crippen molar-refractivity contribution >= 4 is 52.9 Å². The fraction of sp³-hybridized carbons (Fsp3) is 0.450. The summed E-state index contributed by atoms with van der Waals surface area (Å²) in [6.07, 6.45) is -0.630. The molecule has 0 amide bonds. The Bertz CT molecular complexity index is 758. The second-order valence-corrected chi connectivity index (χ2v) is 8.28. The van der Waals surface area contributed by atoms with E-state index in [1.807, 2.05) is 51.4 Å². The van der Waals surface area contributed by atoms with Crippen molar-refractivity contribution in [2.24, 2.45) is 4.99 Å². The number of hydrogen-bond donors (Lipinski definition) is 3. The number of aliphatic hydroxyl groups is 1. The second-order valence-electron chi connectivity index (χ2n) is 6.53. The number of thiophene rings is 1. The number of guanidine groups is 1. The van der Waals surface area contributed by atoms with Gasteiger partial charge in [0.25, 0.3) is 0 Å². The van der Waals surface area contributed by atoms with Crippen LogP contribution in [0, 0.1) is 0 Å². The Morgan fingerprint density at radius 3 is 2.72 bits per heavy atom. The number of likely N-dealkylation sites (N-methyl/N-ethyl adjacent to an activating group) is 1. The van der Waals surface area contributed by atoms with Crippen LogP contribution in [0.2, 0.25) is 4.34 Å². The quantitative estimate of drug-likeness (QED) is 0.238. The summed E-state index contributed by atoms with van der Waals surface area (Å²) in [5.41, 5.74) is 1.06. The maximum Gasteiger partial charge on any atom is 0.191 e. The van der Waals surface area contributed by atoms with E-state index in [9.17, 15) is 5.11 Å². The number of ether oxygens (including phenoxy) is 1. The Balaban J connectivity index is 0.00000420. The maximum atomic E-state index is 10.3. The van der Waals surface area contributed by atoms with Crippen LogP contribution in [-0.2, 0) is 6.54 Å². The molecule has 0 aliphatic heterocycles. The first-order chi connectivity index (χ1) is 13.5. The summed E-state index contributed by atoms with van der Waals surface area (Å²) >= 11 is 7.31. The number of aliphatic hydroxyl groups excluding tert-OH is 1. The van der Waals surface area contributed by atoms with E-state index in [1.54, 1.807) is 6.07 Å². The summed E-state index contributed by atoms with van der Waals surface area (Å²) < 4.78 is 6.45. The van der Waals surface area contributed by atoms with Crippen molar-refractivity contribution < 1.29 is 9.84 Å². The van der Waals surface area contributed by atoms with Crippen molar-refractivity contribution in [1.82, 2.24) is 15.5 Å². The van der Waals surface area contributed by atoms with Crippen LogP contribution in [0.25, 0.3) is 0 Å². The van der Waals surface area contributed by atoms with Crippen molar-refractivity contribution in [3.63, 3.8) is 0 Å². The van der Waals surface area contributed by atoms with Crippen LogP contribution in [0.5, 0.6) is 5.75 Å². The zero-order chi connectivity index (χ0) is 20.4. The van der Waals surface area contributed by atoms with Gasteiger partial charge in [-0.3, -0.25) is 0 Å². The third kappa shape index (κ3) is 9.99. The van der Waals surface area contributed by atoms with E-state index in [2.05, 4.69) is 20.5 Å². The van der Waals surface area contributed by atoms with Gasteiger partial charge in [0.15, 0.2) is 5.96 Å². The smallest absolute Gasteiger partial charge is 0.191 e. The van der Waals surface area contributed by atoms with E-state index in [0.717, 1.165) is 29.3 Å². The van der Waals surface area contributed by atoms with E-state index < -0.39 is 6.10 Å². The number of rotatable bonds is 10. The van der Waals surface area contributed by atoms with Crippen molar-refractivity contribution in [1.29, 1.82) is 0 Å². The Kier molecular flexibility index (Phi) is 12.6. The molecule has 0 bridgehead atoms. The van der Waals surface area contributed by atoms with Gasteiger partial charge >= 0.3 is 0 Å². The first-order valence-electron chi connectivity index (χ1n) is 9.30. The van der Waals surface area contributed by atoms with Gasteiger partial charge in [0, 0.05) is 24.5 Å². The molecule has 0 aliphatic rings. The Morgan fingerprint density at radius 1 is 1.28 bits per heavy atom. The summed E-state index contributed by atoms with van der Waals surface area (Å²) in [6.45, 7) is 5.13. The molecule has 1 heterocycles. The van der Waals surface area contributed by atoms with Gasteiger partial charge in [0.05, 0.1) is 10.9 Å². The number of benzene rings is 1. The molecule has 0 spiro atoms. The van der Waals surface area contributed by atoms with Crippen LogP contribution in [-0.4, -0.2) is 56.3 Å². The van der Waals surface area contributed by atoms with Crippen molar-refractivity contribution in [3.05, 3.63) is 51.2 Å². The molecule has 1 atom stereocenters. The van der Waals surface area contributed by atoms with Gasteiger partial charge < -0.3 is 25.4 Å². The first kappa shape index (κ1) is 26.0. The molecule has 6 nitrogen and oxygen atoms in total. The van der Waals surface area contributed by atoms with Gasteiger partial charge in [-0.15, -0.1) is 35.3 Å². The van der Waals surface area contributed by atoms with Gasteiger partial charge in [-0.25, -0.2) is 4.99 Å². The molecule has 0 saturated carbocycles. The van der Waals surface area contributed by atoms with E-state index >= 15 is 0 Å². The lowest BCUT2D eigenvalue weighted by molar-refractivity contribution is 0.184. The van der Waals surface area contributed by atoms with Crippen LogP contribution in [0.4, 0.5) is 0 Å². The number of hydrogen-bond acceptors (Lipinski definition) is 5. The zero-order valence-electron chi connectivity index (χ0n) is 17.0. The van der Waals surface area contributed by atoms with E-state index in [4.69, 9.17) is 16.3 Å². The molecule has 9 heteroatoms. The highest BCUT2D eigenvalue weighted by Gasteiger charge is 2.11. The highest BCUT2D eigenvalue weighted by molar-refractivity contribution is 14.0. The predicted octanol–water partition coefficient (Wildman–Crippen LogP) is 3.75. The molecule has 0 radical (unpaired) electrons. The molecule has 29 heavy (non-hydrogen) atoms. The fourth-order valence-electron chi connectivity index (χ4n) is 2.39. The molecule has 0 saturated heterocycles. The number of nitrogens with one attached hydrogen (secondary N) is 2. The number of halogens is 2. The molecule has 2 aromatic rings. The highest BCUT2D eigenvalue weighted by atomic mass is 127. The van der Waals surface area contributed by atoms with Crippen LogP contribution in [0.15, 0.2) is 41.4 Å². The molecular formula is C20H30ClIN4O2S. The van der Waals surface area contributed by atoms with Crippen LogP contribution in [0.3, 0.4) is 0 Å². The lowest BCUT2D eigenvalue weighted by Gasteiger charge is -2.14. The van der Waals surface area contributed by atoms with Gasteiger partial charge in [-0.1, -0.05) is 23.7 Å². The molecular weight excluding hydrogens is 523 g/mol. The standard InChI is InChI=1S/C20H29ClN4O2S.HI/c1-4-22-20(24-14-17(26)18-8-9-19(21)28-18)23-13-15-6-5-7-16(12-15)27-11-10-25(2)3;/h5-9,12,17,26H,4,10-11,13-14H2,1-3H3,(H2,22,23,24);1H. The van der Waals surface area contributed by atoms with Crippen molar-refractivity contribution in [2.75, 3.05) is 40.3 Å². The lowest BCUT2D eigenvalue weighted by Crippen LogP contribution is -2.39. The Hall–Kier alpha value is -1.07. The average Bonchev–Trinajstić information content (AvgIpc) is 3.10. The SMILES string of the molecule is CCNC(=NCc1cccc(OCCN(C)C)c1)NCC(O)c1ccc(Cl)s1.I. The average molecular weight is 553 g/mol. The van der Waals surface area contributed by atoms with Crippen molar-refractivity contribution in [2.45, 2.75) is 19.6 Å². The van der Waals surface area contributed by atoms with Gasteiger partial charge in [-0.2, -0.15) is 0 Å². The normalized spacial score (nSPS) is 12.4. The minimum Gasteiger partial charge on any atom is -0.492 e. The zero-order valence-corrected chi connectivity index (χ0v) is 20.9. The molecule has 1 aromatic heterocycles. The van der Waals surface area contributed by atoms with E-state index in [-0.39, 0.29) is 24.0 Å². The van der Waals surface area contributed by atoms with Crippen LogP contribution >= 0.6 is 46.9 Å². The molecule has 1 unspecified atom stereocenters. The minimum absolute atomic E-state index is 0. The highest BCUT2D eigenvalue weighted by Crippen LogP contribution is 2.26. The van der Waals surface area contributed by atoms with Gasteiger partial charge in [0.1, 0.15) is 18.5 Å². The predicted molar refractivity (Wildman–Crippen MR) is 133 cm³/mol. The maximum absolute atomic E-state index is 10.3. The largest absolute Gasteiger partial charge is 0.492 e. The fourth-order valence-corrected chi connectivity index (χ4v) is 3.44. The van der Waals surface area contributed by atoms with Gasteiger partial charge in [-0.05, 0) is 50.8 Å². The molecule has 0 aliphatic carbocycles. The first-order valence-corrected chi connectivity index (χ1v) is 10.5. The summed E-state index contributed by atoms with van der Waals surface area (Å²) in [5, 5.41) is 16.7. The topological polar surface area (TPSA) is 69.1 Å². The summed E-state index contributed by atoms with van der Waals surface area (Å²) in [5.74, 6) is 1.50. The second kappa shape index (κ2) is 14.0. The Morgan fingerprint density at radius 2 is 2.07 bits per heavy atom. The monoisotopic (exact) mass is 552 g/mol. The molecule has 162 valence electrons. The minimum atomic E-state index is -0.630. The molecule has 0 fully saturated rings. The number of nitrogens with zero attached hydrogens (tertiary/aromatic N) is 2. The molecule has 2 rings (SSSR count). The lowest BCUT2D eigenvalue weighted by atomic mass is 10.2. The molecule has 3 N–H and O–H groups in total. The third-order valence-corrected chi connectivity index (χ3v) is 5.19. The van der Waals surface area contributed by atoms with Gasteiger partial charge in [0.2, 0.25) is 0 Å². The van der Waals surface area contributed by atoms with Crippen LogP contribution < -0.4 is 15.4 Å². The summed E-state index contributed by atoms with van der Waals surface area (Å²) in [7, 11) is 4.04. The van der Waals surface area contributed by atoms with E-state index in [1.165, 1.54) is 11.3 Å². The molecule has 1 aromatic carbocycles. The number of aliphatic imine (C=N–C) groups is 1. The van der Waals surface area contributed by atoms with Crippen LogP contribution in [0.1, 0.15) is 23.5 Å². The van der Waals surface area contributed by atoms with E-state index in [0.29, 0.717) is 30.0 Å². The Labute approximate surface area is 199 Å². The van der Waals surface area contributed by atoms with Crippen molar-refractivity contribution in [3.8, 4) is 5.75 Å². The third-order valence-electron chi connectivity index (χ3n) is 3.85.